The summed E-state index contributed by atoms with van der Waals surface area (Å²) in [5.74, 6) is 0.912. The van der Waals surface area contributed by atoms with E-state index in [1.807, 2.05) is 41.1 Å². The van der Waals surface area contributed by atoms with Crippen LogP contribution in [0.1, 0.15) is 0 Å². The normalized spacial score (nSPS) is 17.8. The fraction of sp³-hybridized carbons (Fsp3) is 0.438. The van der Waals surface area contributed by atoms with Crippen LogP contribution < -0.4 is 5.32 Å². The Bertz CT molecular complexity index is 548. The quantitative estimate of drug-likeness (QED) is 0.854. The molecule has 5 nitrogen and oxygen atoms in total. The van der Waals surface area contributed by atoms with Crippen LogP contribution in [-0.2, 0) is 6.54 Å². The Morgan fingerprint density at radius 2 is 1.90 bits per heavy atom. The Labute approximate surface area is 125 Å². The van der Waals surface area contributed by atoms with E-state index in [9.17, 15) is 5.11 Å². The summed E-state index contributed by atoms with van der Waals surface area (Å²) in [6, 6.07) is 10.1. The van der Waals surface area contributed by atoms with Crippen LogP contribution in [-0.4, -0.2) is 58.4 Å². The van der Waals surface area contributed by atoms with E-state index in [4.69, 9.17) is 0 Å². The second kappa shape index (κ2) is 6.85. The summed E-state index contributed by atoms with van der Waals surface area (Å²) < 4.78 is 2.03. The number of aliphatic hydroxyl groups excluding tert-OH is 1. The molecule has 0 aliphatic carbocycles. The molecular formula is C16H22N4O. The lowest BCUT2D eigenvalue weighted by Gasteiger charge is -2.29. The highest BCUT2D eigenvalue weighted by atomic mass is 16.3. The summed E-state index contributed by atoms with van der Waals surface area (Å²) in [7, 11) is 0. The molecule has 2 aromatic rings. The van der Waals surface area contributed by atoms with Gasteiger partial charge in [-0.2, -0.15) is 0 Å². The standard InChI is InChI=1S/C16H22N4O/c21-15(12-19-9-6-17-7-10-19)13-20-11-8-18-16(20)14-4-2-1-3-5-14/h1-5,8,11,15,17,21H,6-7,9-10,12-13H2. The third-order valence-corrected chi connectivity index (χ3v) is 3.83. The summed E-state index contributed by atoms with van der Waals surface area (Å²) in [6.07, 6.45) is 3.35. The molecule has 1 aliphatic rings. The molecule has 1 fully saturated rings. The number of hydrogen-bond donors (Lipinski definition) is 2. The van der Waals surface area contributed by atoms with E-state index >= 15 is 0 Å². The SMILES string of the molecule is OC(CN1CCNCC1)Cn1ccnc1-c1ccccc1. The number of rotatable bonds is 5. The molecule has 1 saturated heterocycles. The number of imidazole rings is 1. The van der Waals surface area contributed by atoms with Gasteiger partial charge in [0.1, 0.15) is 5.82 Å². The Kier molecular flexibility index (Phi) is 4.65. The lowest BCUT2D eigenvalue weighted by atomic mass is 10.2. The average molecular weight is 286 g/mol. The molecule has 1 aromatic carbocycles. The third-order valence-electron chi connectivity index (χ3n) is 3.83. The van der Waals surface area contributed by atoms with Gasteiger partial charge in [0, 0.05) is 50.7 Å². The van der Waals surface area contributed by atoms with Gasteiger partial charge in [-0.05, 0) is 0 Å². The van der Waals surface area contributed by atoms with E-state index in [0.29, 0.717) is 13.1 Å². The van der Waals surface area contributed by atoms with Crippen molar-refractivity contribution in [3.8, 4) is 11.4 Å². The van der Waals surface area contributed by atoms with Crippen molar-refractivity contribution >= 4 is 0 Å². The second-order valence-electron chi connectivity index (χ2n) is 5.47. The molecule has 0 amide bonds. The van der Waals surface area contributed by atoms with Crippen molar-refractivity contribution in [2.24, 2.45) is 0 Å². The number of aliphatic hydroxyl groups is 1. The fourth-order valence-electron chi connectivity index (χ4n) is 2.78. The predicted molar refractivity (Wildman–Crippen MR) is 83.0 cm³/mol. The Hall–Kier alpha value is -1.69. The minimum atomic E-state index is -0.375. The van der Waals surface area contributed by atoms with Crippen LogP contribution in [0.3, 0.4) is 0 Å². The van der Waals surface area contributed by atoms with Gasteiger partial charge in [0.2, 0.25) is 0 Å². The van der Waals surface area contributed by atoms with Gasteiger partial charge >= 0.3 is 0 Å². The summed E-state index contributed by atoms with van der Waals surface area (Å²) in [5, 5.41) is 13.7. The van der Waals surface area contributed by atoms with Crippen molar-refractivity contribution in [3.63, 3.8) is 0 Å². The number of aromatic nitrogens is 2. The first-order valence-corrected chi connectivity index (χ1v) is 7.50. The van der Waals surface area contributed by atoms with Gasteiger partial charge < -0.3 is 15.0 Å². The highest BCUT2D eigenvalue weighted by Gasteiger charge is 2.16. The van der Waals surface area contributed by atoms with Gasteiger partial charge in [0.25, 0.3) is 0 Å². The lowest BCUT2D eigenvalue weighted by Crippen LogP contribution is -2.46. The van der Waals surface area contributed by atoms with Gasteiger partial charge in [-0.1, -0.05) is 30.3 Å². The van der Waals surface area contributed by atoms with E-state index in [-0.39, 0.29) is 6.10 Å². The molecule has 1 aliphatic heterocycles. The molecule has 112 valence electrons. The van der Waals surface area contributed by atoms with E-state index in [1.165, 1.54) is 0 Å². The Balaban J connectivity index is 1.64. The van der Waals surface area contributed by atoms with E-state index < -0.39 is 0 Å². The van der Waals surface area contributed by atoms with Crippen molar-refractivity contribution in [1.82, 2.24) is 19.8 Å². The molecule has 21 heavy (non-hydrogen) atoms. The molecule has 0 radical (unpaired) electrons. The Morgan fingerprint density at radius 1 is 1.14 bits per heavy atom. The summed E-state index contributed by atoms with van der Waals surface area (Å²) >= 11 is 0. The monoisotopic (exact) mass is 286 g/mol. The highest BCUT2D eigenvalue weighted by Crippen LogP contribution is 2.17. The van der Waals surface area contributed by atoms with Crippen LogP contribution in [0.25, 0.3) is 11.4 Å². The van der Waals surface area contributed by atoms with Crippen LogP contribution in [0.2, 0.25) is 0 Å². The second-order valence-corrected chi connectivity index (χ2v) is 5.47. The van der Waals surface area contributed by atoms with Crippen molar-refractivity contribution in [2.45, 2.75) is 12.6 Å². The summed E-state index contributed by atoms with van der Waals surface area (Å²) in [5.41, 5.74) is 1.08. The first kappa shape index (κ1) is 14.3. The zero-order chi connectivity index (χ0) is 14.5. The number of piperazine rings is 1. The largest absolute Gasteiger partial charge is 0.390 e. The van der Waals surface area contributed by atoms with Crippen LogP contribution in [0.4, 0.5) is 0 Å². The maximum Gasteiger partial charge on any atom is 0.139 e. The van der Waals surface area contributed by atoms with Crippen molar-refractivity contribution < 1.29 is 5.11 Å². The molecule has 3 rings (SSSR count). The van der Waals surface area contributed by atoms with Crippen LogP contribution in [0, 0.1) is 0 Å². The first-order valence-electron chi connectivity index (χ1n) is 7.50. The maximum atomic E-state index is 10.3. The number of benzene rings is 1. The van der Waals surface area contributed by atoms with Crippen molar-refractivity contribution in [3.05, 3.63) is 42.7 Å². The van der Waals surface area contributed by atoms with Crippen LogP contribution in [0.15, 0.2) is 42.7 Å². The molecule has 5 heteroatoms. The molecule has 2 N–H and O–H groups in total. The zero-order valence-corrected chi connectivity index (χ0v) is 12.2. The van der Waals surface area contributed by atoms with Crippen LogP contribution in [0.5, 0.6) is 0 Å². The van der Waals surface area contributed by atoms with Gasteiger partial charge in [-0.15, -0.1) is 0 Å². The minimum absolute atomic E-state index is 0.375. The van der Waals surface area contributed by atoms with Gasteiger partial charge in [0.15, 0.2) is 0 Å². The molecule has 1 unspecified atom stereocenters. The maximum absolute atomic E-state index is 10.3. The van der Waals surface area contributed by atoms with E-state index in [2.05, 4.69) is 15.2 Å². The number of nitrogens with zero attached hydrogens (tertiary/aromatic N) is 3. The first-order chi connectivity index (χ1) is 10.3. The molecule has 0 saturated carbocycles. The van der Waals surface area contributed by atoms with Crippen molar-refractivity contribution in [1.29, 1.82) is 0 Å². The number of β-amino-alcohol motifs (C(OH)–C–C–N with tert-alkyl or cyclic N) is 1. The molecule has 0 spiro atoms. The molecule has 0 bridgehead atoms. The average Bonchev–Trinajstić information content (AvgIpc) is 2.97. The van der Waals surface area contributed by atoms with E-state index in [1.54, 1.807) is 6.20 Å². The zero-order valence-electron chi connectivity index (χ0n) is 12.2. The lowest BCUT2D eigenvalue weighted by molar-refractivity contribution is 0.0921. The van der Waals surface area contributed by atoms with Gasteiger partial charge in [0.05, 0.1) is 12.6 Å². The smallest absolute Gasteiger partial charge is 0.139 e. The van der Waals surface area contributed by atoms with Gasteiger partial charge in [-0.25, -0.2) is 4.98 Å². The predicted octanol–water partition coefficient (Wildman–Crippen LogP) is 0.816. The molecule has 1 atom stereocenters. The molecule has 1 aromatic heterocycles. The Morgan fingerprint density at radius 3 is 2.67 bits per heavy atom. The summed E-state index contributed by atoms with van der Waals surface area (Å²) in [6.45, 7) is 5.32. The third kappa shape index (κ3) is 3.69. The topological polar surface area (TPSA) is 53.3 Å². The van der Waals surface area contributed by atoms with Crippen molar-refractivity contribution in [2.75, 3.05) is 32.7 Å². The van der Waals surface area contributed by atoms with Crippen LogP contribution >= 0.6 is 0 Å². The molecule has 2 heterocycles. The fourth-order valence-corrected chi connectivity index (χ4v) is 2.78. The van der Waals surface area contributed by atoms with E-state index in [0.717, 1.165) is 37.6 Å². The number of nitrogens with one attached hydrogen (secondary N) is 1. The number of hydrogen-bond acceptors (Lipinski definition) is 4. The van der Waals surface area contributed by atoms with Gasteiger partial charge in [-0.3, -0.25) is 4.90 Å². The minimum Gasteiger partial charge on any atom is -0.390 e. The summed E-state index contributed by atoms with van der Waals surface area (Å²) in [4.78, 5) is 6.72. The molecular weight excluding hydrogens is 264 g/mol. The highest BCUT2D eigenvalue weighted by molar-refractivity contribution is 5.55.